The molecule has 4 nitrogen and oxygen atoms in total. The molecule has 0 saturated carbocycles. The Morgan fingerprint density at radius 1 is 1.18 bits per heavy atom. The second kappa shape index (κ2) is 2.38. The number of amides is 2. The van der Waals surface area contributed by atoms with Crippen molar-refractivity contribution in [1.29, 1.82) is 0 Å². The molecule has 0 atom stereocenters. The highest BCUT2D eigenvalue weighted by Crippen LogP contribution is 2.08. The molecule has 0 unspecified atom stereocenters. The number of rotatable bonds is 0. The largest absolute Gasteiger partial charge is 0.324 e. The van der Waals surface area contributed by atoms with E-state index in [0.29, 0.717) is 6.67 Å². The summed E-state index contributed by atoms with van der Waals surface area (Å²) in [5.74, 6) is -0.568. The highest BCUT2D eigenvalue weighted by Gasteiger charge is 2.28. The number of carbonyl (C=O) groups excluding carboxylic acids is 2. The van der Waals surface area contributed by atoms with Gasteiger partial charge in [0.2, 0.25) is 0 Å². The van der Waals surface area contributed by atoms with Crippen LogP contribution < -0.4 is 0 Å². The van der Waals surface area contributed by atoms with E-state index in [9.17, 15) is 9.59 Å². The lowest BCUT2D eigenvalue weighted by molar-refractivity contribution is -0.141. The van der Waals surface area contributed by atoms with Gasteiger partial charge in [-0.05, 0) is 0 Å². The monoisotopic (exact) mass is 154 g/mol. The van der Waals surface area contributed by atoms with Gasteiger partial charge in [0.1, 0.15) is 0 Å². The standard InChI is InChI=1S/C7H10N2O2/c1-5-6(10)8(2)4-9(3)7(5)11/h1,4H2,2-3H3. The summed E-state index contributed by atoms with van der Waals surface area (Å²) in [6.45, 7) is 3.74. The van der Waals surface area contributed by atoms with Crippen LogP contribution in [0, 0.1) is 0 Å². The summed E-state index contributed by atoms with van der Waals surface area (Å²) in [5.41, 5.74) is 0.0428. The minimum absolute atomic E-state index is 0.0428. The zero-order valence-electron chi connectivity index (χ0n) is 6.63. The van der Waals surface area contributed by atoms with Crippen LogP contribution >= 0.6 is 0 Å². The topological polar surface area (TPSA) is 40.6 Å². The fourth-order valence-corrected chi connectivity index (χ4v) is 0.999. The summed E-state index contributed by atoms with van der Waals surface area (Å²) < 4.78 is 0. The van der Waals surface area contributed by atoms with Gasteiger partial charge in [-0.15, -0.1) is 0 Å². The first-order valence-electron chi connectivity index (χ1n) is 3.24. The minimum Gasteiger partial charge on any atom is -0.324 e. The maximum atomic E-state index is 11.1. The second-order valence-electron chi connectivity index (χ2n) is 2.63. The average Bonchev–Trinajstić information content (AvgIpc) is 1.97. The Morgan fingerprint density at radius 3 is 1.91 bits per heavy atom. The quantitative estimate of drug-likeness (QED) is 0.346. The van der Waals surface area contributed by atoms with Gasteiger partial charge < -0.3 is 9.80 Å². The highest BCUT2D eigenvalue weighted by molar-refractivity contribution is 6.19. The highest BCUT2D eigenvalue weighted by atomic mass is 16.2. The van der Waals surface area contributed by atoms with Crippen LogP contribution in [0.1, 0.15) is 0 Å². The second-order valence-corrected chi connectivity index (χ2v) is 2.63. The Bertz CT molecular complexity index is 213. The van der Waals surface area contributed by atoms with Crippen LogP contribution in [-0.2, 0) is 9.59 Å². The first kappa shape index (κ1) is 7.78. The lowest BCUT2D eigenvalue weighted by Crippen LogP contribution is -2.48. The van der Waals surface area contributed by atoms with Crippen molar-refractivity contribution in [3.63, 3.8) is 0 Å². The molecule has 0 N–H and O–H groups in total. The Hall–Kier alpha value is -1.32. The van der Waals surface area contributed by atoms with E-state index in [-0.39, 0.29) is 17.4 Å². The van der Waals surface area contributed by atoms with Crippen molar-refractivity contribution in [3.8, 4) is 0 Å². The third kappa shape index (κ3) is 1.11. The van der Waals surface area contributed by atoms with Crippen molar-refractivity contribution in [2.45, 2.75) is 0 Å². The molecule has 11 heavy (non-hydrogen) atoms. The van der Waals surface area contributed by atoms with Crippen LogP contribution in [0.3, 0.4) is 0 Å². The van der Waals surface area contributed by atoms with E-state index < -0.39 is 0 Å². The smallest absolute Gasteiger partial charge is 0.259 e. The summed E-state index contributed by atoms with van der Waals surface area (Å²) >= 11 is 0. The van der Waals surface area contributed by atoms with Crippen LogP contribution in [0.5, 0.6) is 0 Å². The van der Waals surface area contributed by atoms with Crippen molar-refractivity contribution < 1.29 is 9.59 Å². The molecule has 1 rings (SSSR count). The van der Waals surface area contributed by atoms with Crippen LogP contribution in [0.15, 0.2) is 12.2 Å². The van der Waals surface area contributed by atoms with Gasteiger partial charge >= 0.3 is 0 Å². The zero-order chi connectivity index (χ0) is 8.59. The Balaban J connectivity index is 2.88. The molecule has 1 aliphatic heterocycles. The normalized spacial score (nSPS) is 19.6. The van der Waals surface area contributed by atoms with Gasteiger partial charge in [-0.3, -0.25) is 9.59 Å². The molecule has 1 fully saturated rings. The van der Waals surface area contributed by atoms with Crippen LogP contribution in [0.25, 0.3) is 0 Å². The van der Waals surface area contributed by atoms with Crippen molar-refractivity contribution in [1.82, 2.24) is 9.80 Å². The van der Waals surface area contributed by atoms with Gasteiger partial charge in [-0.1, -0.05) is 6.58 Å². The van der Waals surface area contributed by atoms with Gasteiger partial charge in [-0.2, -0.15) is 0 Å². The van der Waals surface area contributed by atoms with Gasteiger partial charge in [0.15, 0.2) is 0 Å². The lowest BCUT2D eigenvalue weighted by Gasteiger charge is -2.30. The number of hydrogen-bond acceptors (Lipinski definition) is 2. The number of nitrogens with zero attached hydrogens (tertiary/aromatic N) is 2. The van der Waals surface area contributed by atoms with Crippen LogP contribution in [0.2, 0.25) is 0 Å². The Kier molecular flexibility index (Phi) is 1.68. The molecule has 1 heterocycles. The van der Waals surface area contributed by atoms with Gasteiger partial charge in [0.05, 0.1) is 12.2 Å². The van der Waals surface area contributed by atoms with E-state index >= 15 is 0 Å². The molecule has 0 aliphatic carbocycles. The first-order valence-corrected chi connectivity index (χ1v) is 3.24. The van der Waals surface area contributed by atoms with Crippen LogP contribution in [-0.4, -0.2) is 42.4 Å². The zero-order valence-corrected chi connectivity index (χ0v) is 6.63. The van der Waals surface area contributed by atoms with Crippen LogP contribution in [0.4, 0.5) is 0 Å². The molecule has 0 radical (unpaired) electrons. The summed E-state index contributed by atoms with van der Waals surface area (Å²) in [6, 6.07) is 0. The fourth-order valence-electron chi connectivity index (χ4n) is 0.999. The van der Waals surface area contributed by atoms with E-state index in [0.717, 1.165) is 0 Å². The molecule has 0 aromatic rings. The van der Waals surface area contributed by atoms with Crippen molar-refractivity contribution in [2.24, 2.45) is 0 Å². The molecule has 0 aromatic carbocycles. The summed E-state index contributed by atoms with van der Waals surface area (Å²) in [6.07, 6.45) is 0. The molecule has 60 valence electrons. The van der Waals surface area contributed by atoms with Crippen molar-refractivity contribution >= 4 is 11.8 Å². The molecule has 1 saturated heterocycles. The van der Waals surface area contributed by atoms with Crippen molar-refractivity contribution in [3.05, 3.63) is 12.2 Å². The predicted octanol–water partition coefficient (Wildman–Crippen LogP) is -0.570. The number of carbonyl (C=O) groups is 2. The molecule has 1 aliphatic rings. The number of likely N-dealkylation sites (N-methyl/N-ethyl adjacent to an activating group) is 2. The maximum absolute atomic E-state index is 11.1. The molecule has 4 heteroatoms. The molecule has 0 spiro atoms. The van der Waals surface area contributed by atoms with Gasteiger partial charge in [0.25, 0.3) is 11.8 Å². The van der Waals surface area contributed by atoms with E-state index in [1.807, 2.05) is 0 Å². The number of hydrogen-bond donors (Lipinski definition) is 0. The minimum atomic E-state index is -0.284. The van der Waals surface area contributed by atoms with E-state index in [1.54, 1.807) is 14.1 Å². The fraction of sp³-hybridized carbons (Fsp3) is 0.429. The van der Waals surface area contributed by atoms with Crippen molar-refractivity contribution in [2.75, 3.05) is 20.8 Å². The maximum Gasteiger partial charge on any atom is 0.259 e. The van der Waals surface area contributed by atoms with E-state index in [1.165, 1.54) is 9.80 Å². The Labute approximate surface area is 65.1 Å². The summed E-state index contributed by atoms with van der Waals surface area (Å²) in [7, 11) is 3.27. The molecular formula is C7H10N2O2. The third-order valence-corrected chi connectivity index (χ3v) is 1.63. The Morgan fingerprint density at radius 2 is 1.55 bits per heavy atom. The van der Waals surface area contributed by atoms with E-state index in [2.05, 4.69) is 6.58 Å². The van der Waals surface area contributed by atoms with E-state index in [4.69, 9.17) is 0 Å². The molecule has 0 aromatic heterocycles. The molecule has 2 amide bonds. The first-order chi connectivity index (χ1) is 5.04. The van der Waals surface area contributed by atoms with Gasteiger partial charge in [0, 0.05) is 14.1 Å². The molecule has 0 bridgehead atoms. The predicted molar refractivity (Wildman–Crippen MR) is 39.5 cm³/mol. The average molecular weight is 154 g/mol. The molecular weight excluding hydrogens is 144 g/mol. The lowest BCUT2D eigenvalue weighted by atomic mass is 10.2. The summed E-state index contributed by atoms with van der Waals surface area (Å²) in [5, 5.41) is 0. The van der Waals surface area contributed by atoms with Gasteiger partial charge in [-0.25, -0.2) is 0 Å². The summed E-state index contributed by atoms with van der Waals surface area (Å²) in [4.78, 5) is 25.0. The SMILES string of the molecule is C=C1C(=O)N(C)CN(C)C1=O. The third-order valence-electron chi connectivity index (χ3n) is 1.63.